The van der Waals surface area contributed by atoms with Crippen LogP contribution in [0.1, 0.15) is 25.3 Å². The minimum atomic E-state index is 0.721. The highest BCUT2D eigenvalue weighted by molar-refractivity contribution is 5.50. The largest absolute Gasteiger partial charge is 0.494 e. The van der Waals surface area contributed by atoms with Crippen LogP contribution in [0.3, 0.4) is 0 Å². The first kappa shape index (κ1) is 12.2. The molecule has 2 rings (SSSR count). The molecule has 0 atom stereocenters. The Hall–Kier alpha value is -1.22. The molecular formula is C14H22N2O. The fourth-order valence-corrected chi connectivity index (χ4v) is 1.85. The number of anilines is 1. The molecule has 17 heavy (non-hydrogen) atoms. The highest BCUT2D eigenvalue weighted by Crippen LogP contribution is 2.22. The van der Waals surface area contributed by atoms with Gasteiger partial charge in [0, 0.05) is 24.8 Å². The Kier molecular flexibility index (Phi) is 4.26. The van der Waals surface area contributed by atoms with Crippen molar-refractivity contribution in [3.63, 3.8) is 0 Å². The molecule has 1 aromatic rings. The number of aryl methyl sites for hydroxylation is 1. The standard InChI is InChI=1S/C14H22N2O/c1-3-17-14-7-6-13(10-11(14)2)16-9-8-15-12-4-5-12/h6-7,10,12,15-16H,3-5,8-9H2,1-2H3. The van der Waals surface area contributed by atoms with Gasteiger partial charge in [-0.15, -0.1) is 0 Å². The highest BCUT2D eigenvalue weighted by Gasteiger charge is 2.19. The molecule has 1 aromatic carbocycles. The van der Waals surface area contributed by atoms with Crippen LogP contribution in [0.25, 0.3) is 0 Å². The molecule has 0 saturated heterocycles. The van der Waals surface area contributed by atoms with Crippen LogP contribution in [0.4, 0.5) is 5.69 Å². The smallest absolute Gasteiger partial charge is 0.122 e. The monoisotopic (exact) mass is 234 g/mol. The molecule has 1 fully saturated rings. The summed E-state index contributed by atoms with van der Waals surface area (Å²) in [6, 6.07) is 7.05. The molecule has 0 aliphatic heterocycles. The molecule has 0 spiro atoms. The van der Waals surface area contributed by atoms with Crippen LogP contribution in [-0.4, -0.2) is 25.7 Å². The van der Waals surface area contributed by atoms with Gasteiger partial charge in [-0.1, -0.05) is 0 Å². The van der Waals surface area contributed by atoms with Gasteiger partial charge < -0.3 is 15.4 Å². The molecule has 0 heterocycles. The number of benzene rings is 1. The van der Waals surface area contributed by atoms with E-state index in [-0.39, 0.29) is 0 Å². The summed E-state index contributed by atoms with van der Waals surface area (Å²) in [5.41, 5.74) is 2.36. The van der Waals surface area contributed by atoms with E-state index in [9.17, 15) is 0 Å². The average Bonchev–Trinajstić information content (AvgIpc) is 3.12. The summed E-state index contributed by atoms with van der Waals surface area (Å²) in [7, 11) is 0. The lowest BCUT2D eigenvalue weighted by atomic mass is 10.2. The summed E-state index contributed by atoms with van der Waals surface area (Å²) in [5.74, 6) is 0.981. The van der Waals surface area contributed by atoms with Gasteiger partial charge in [-0.3, -0.25) is 0 Å². The van der Waals surface area contributed by atoms with Crippen molar-refractivity contribution < 1.29 is 4.74 Å². The van der Waals surface area contributed by atoms with Gasteiger partial charge in [0.15, 0.2) is 0 Å². The van der Waals surface area contributed by atoms with Gasteiger partial charge >= 0.3 is 0 Å². The maximum absolute atomic E-state index is 5.52. The summed E-state index contributed by atoms with van der Waals surface area (Å²) in [6.07, 6.45) is 2.70. The van der Waals surface area contributed by atoms with Gasteiger partial charge in [0.25, 0.3) is 0 Å². The Bertz CT molecular complexity index is 361. The normalized spacial score (nSPS) is 14.7. The Labute approximate surface area is 104 Å². The highest BCUT2D eigenvalue weighted by atomic mass is 16.5. The molecule has 94 valence electrons. The predicted octanol–water partition coefficient (Wildman–Crippen LogP) is 2.56. The second kappa shape index (κ2) is 5.92. The maximum atomic E-state index is 5.52. The molecule has 0 aromatic heterocycles. The summed E-state index contributed by atoms with van der Waals surface area (Å²) in [6.45, 7) is 6.83. The molecule has 1 aliphatic carbocycles. The molecule has 1 aliphatic rings. The van der Waals surface area contributed by atoms with E-state index in [2.05, 4.69) is 29.7 Å². The second-order valence-electron chi connectivity index (χ2n) is 4.57. The number of hydrogen-bond acceptors (Lipinski definition) is 3. The van der Waals surface area contributed by atoms with Crippen molar-refractivity contribution in [2.75, 3.05) is 25.0 Å². The third kappa shape index (κ3) is 3.93. The van der Waals surface area contributed by atoms with E-state index >= 15 is 0 Å². The van der Waals surface area contributed by atoms with Crippen LogP contribution < -0.4 is 15.4 Å². The molecule has 3 nitrogen and oxygen atoms in total. The third-order valence-corrected chi connectivity index (χ3v) is 2.94. The van der Waals surface area contributed by atoms with Crippen molar-refractivity contribution in [3.8, 4) is 5.75 Å². The van der Waals surface area contributed by atoms with Crippen LogP contribution in [0.15, 0.2) is 18.2 Å². The lowest BCUT2D eigenvalue weighted by molar-refractivity contribution is 0.338. The zero-order chi connectivity index (χ0) is 12.1. The number of ether oxygens (including phenoxy) is 1. The second-order valence-corrected chi connectivity index (χ2v) is 4.57. The van der Waals surface area contributed by atoms with E-state index in [0.717, 1.165) is 31.5 Å². The quantitative estimate of drug-likeness (QED) is 0.711. The number of nitrogens with one attached hydrogen (secondary N) is 2. The SMILES string of the molecule is CCOc1ccc(NCCNC2CC2)cc1C. The van der Waals surface area contributed by atoms with Crippen molar-refractivity contribution in [2.45, 2.75) is 32.7 Å². The Morgan fingerprint density at radius 2 is 2.12 bits per heavy atom. The van der Waals surface area contributed by atoms with E-state index in [1.807, 2.05) is 13.0 Å². The third-order valence-electron chi connectivity index (χ3n) is 2.94. The molecular weight excluding hydrogens is 212 g/mol. The molecule has 3 heteroatoms. The van der Waals surface area contributed by atoms with Crippen LogP contribution in [0.5, 0.6) is 5.75 Å². The first-order valence-corrected chi connectivity index (χ1v) is 6.50. The minimum absolute atomic E-state index is 0.721. The van der Waals surface area contributed by atoms with Crippen molar-refractivity contribution in [2.24, 2.45) is 0 Å². The predicted molar refractivity (Wildman–Crippen MR) is 71.9 cm³/mol. The van der Waals surface area contributed by atoms with Gasteiger partial charge in [-0.05, 0) is 50.5 Å². The van der Waals surface area contributed by atoms with Gasteiger partial charge in [-0.25, -0.2) is 0 Å². The zero-order valence-electron chi connectivity index (χ0n) is 10.8. The number of hydrogen-bond donors (Lipinski definition) is 2. The van der Waals surface area contributed by atoms with E-state index in [4.69, 9.17) is 4.74 Å². The lowest BCUT2D eigenvalue weighted by Gasteiger charge is -2.11. The van der Waals surface area contributed by atoms with E-state index in [1.165, 1.54) is 24.1 Å². The van der Waals surface area contributed by atoms with Gasteiger partial charge in [0.1, 0.15) is 5.75 Å². The van der Waals surface area contributed by atoms with Crippen LogP contribution >= 0.6 is 0 Å². The summed E-state index contributed by atoms with van der Waals surface area (Å²) in [5, 5.41) is 6.91. The molecule has 2 N–H and O–H groups in total. The summed E-state index contributed by atoms with van der Waals surface area (Å²) in [4.78, 5) is 0. The van der Waals surface area contributed by atoms with Crippen molar-refractivity contribution in [3.05, 3.63) is 23.8 Å². The number of rotatable bonds is 7. The van der Waals surface area contributed by atoms with Gasteiger partial charge in [-0.2, -0.15) is 0 Å². The van der Waals surface area contributed by atoms with E-state index < -0.39 is 0 Å². The Morgan fingerprint density at radius 3 is 2.76 bits per heavy atom. The molecule has 0 bridgehead atoms. The topological polar surface area (TPSA) is 33.3 Å². The molecule has 0 unspecified atom stereocenters. The van der Waals surface area contributed by atoms with Gasteiger partial charge in [0.05, 0.1) is 6.61 Å². The van der Waals surface area contributed by atoms with Crippen LogP contribution in [0.2, 0.25) is 0 Å². The zero-order valence-corrected chi connectivity index (χ0v) is 10.8. The lowest BCUT2D eigenvalue weighted by Crippen LogP contribution is -2.23. The first-order chi connectivity index (χ1) is 8.29. The van der Waals surface area contributed by atoms with Crippen molar-refractivity contribution in [1.82, 2.24) is 5.32 Å². The van der Waals surface area contributed by atoms with Gasteiger partial charge in [0.2, 0.25) is 0 Å². The molecule has 0 radical (unpaired) electrons. The van der Waals surface area contributed by atoms with E-state index in [0.29, 0.717) is 0 Å². The van der Waals surface area contributed by atoms with E-state index in [1.54, 1.807) is 0 Å². The average molecular weight is 234 g/mol. The van der Waals surface area contributed by atoms with Crippen LogP contribution in [-0.2, 0) is 0 Å². The van der Waals surface area contributed by atoms with Crippen LogP contribution in [0, 0.1) is 6.92 Å². The Balaban J connectivity index is 1.77. The summed E-state index contributed by atoms with van der Waals surface area (Å²) < 4.78 is 5.52. The maximum Gasteiger partial charge on any atom is 0.122 e. The molecule has 0 amide bonds. The minimum Gasteiger partial charge on any atom is -0.494 e. The van der Waals surface area contributed by atoms with Crippen molar-refractivity contribution >= 4 is 5.69 Å². The first-order valence-electron chi connectivity index (χ1n) is 6.50. The van der Waals surface area contributed by atoms with Crippen molar-refractivity contribution in [1.29, 1.82) is 0 Å². The summed E-state index contributed by atoms with van der Waals surface area (Å²) >= 11 is 0. The fraction of sp³-hybridized carbons (Fsp3) is 0.571. The Morgan fingerprint density at radius 1 is 1.29 bits per heavy atom. The fourth-order valence-electron chi connectivity index (χ4n) is 1.85. The molecule has 1 saturated carbocycles.